The quantitative estimate of drug-likeness (QED) is 0.677. The second-order valence-corrected chi connectivity index (χ2v) is 7.36. The van der Waals surface area contributed by atoms with Gasteiger partial charge in [0, 0.05) is 22.6 Å². The monoisotopic (exact) mass is 372 g/mol. The van der Waals surface area contributed by atoms with Gasteiger partial charge in [-0.25, -0.2) is 0 Å². The molecule has 142 valence electrons. The zero-order valence-electron chi connectivity index (χ0n) is 15.8. The van der Waals surface area contributed by atoms with Gasteiger partial charge in [-0.2, -0.15) is 0 Å². The predicted molar refractivity (Wildman–Crippen MR) is 113 cm³/mol. The van der Waals surface area contributed by atoms with Crippen molar-refractivity contribution in [1.29, 1.82) is 0 Å². The molecule has 28 heavy (non-hydrogen) atoms. The number of carbonyl (C=O) groups excluding carboxylic acids is 2. The fourth-order valence-electron chi connectivity index (χ4n) is 3.92. The van der Waals surface area contributed by atoms with Crippen LogP contribution in [0.15, 0.2) is 72.8 Å². The first-order valence-electron chi connectivity index (χ1n) is 9.80. The van der Waals surface area contributed by atoms with Crippen LogP contribution in [0.3, 0.4) is 0 Å². The smallest absolute Gasteiger partial charge is 0.238 e. The van der Waals surface area contributed by atoms with Crippen LogP contribution in [0, 0.1) is 5.92 Å². The van der Waals surface area contributed by atoms with Gasteiger partial charge in [-0.15, -0.1) is 0 Å². The zero-order valence-corrected chi connectivity index (χ0v) is 15.8. The molecule has 4 heteroatoms. The number of hydrogen-bond acceptors (Lipinski definition) is 3. The molecular weight excluding hydrogens is 348 g/mol. The number of benzene rings is 3. The molecule has 4 nitrogen and oxygen atoms in total. The van der Waals surface area contributed by atoms with Gasteiger partial charge in [-0.3, -0.25) is 14.5 Å². The van der Waals surface area contributed by atoms with Crippen molar-refractivity contribution in [3.63, 3.8) is 0 Å². The van der Waals surface area contributed by atoms with Crippen LogP contribution < -0.4 is 5.32 Å². The molecule has 0 saturated carbocycles. The molecule has 0 spiro atoms. The first-order chi connectivity index (χ1) is 13.7. The SMILES string of the molecule is O=C(CN1CCC(C(=O)c2ccccc2)CC1)Nc1cccc2ccccc12. The van der Waals surface area contributed by atoms with Crippen LogP contribution in [-0.2, 0) is 4.79 Å². The summed E-state index contributed by atoms with van der Waals surface area (Å²) in [4.78, 5) is 27.3. The van der Waals surface area contributed by atoms with E-state index in [1.165, 1.54) is 0 Å². The molecule has 3 aromatic carbocycles. The average Bonchev–Trinajstić information content (AvgIpc) is 2.75. The van der Waals surface area contributed by atoms with E-state index in [1.807, 2.05) is 72.8 Å². The van der Waals surface area contributed by atoms with E-state index in [0.29, 0.717) is 6.54 Å². The van der Waals surface area contributed by atoms with Crippen molar-refractivity contribution in [2.75, 3.05) is 25.0 Å². The third kappa shape index (κ3) is 4.12. The lowest BCUT2D eigenvalue weighted by Gasteiger charge is -2.30. The van der Waals surface area contributed by atoms with Crippen LogP contribution in [0.25, 0.3) is 10.8 Å². The highest BCUT2D eigenvalue weighted by atomic mass is 16.2. The van der Waals surface area contributed by atoms with E-state index in [2.05, 4.69) is 10.2 Å². The standard InChI is InChI=1S/C24H24N2O2/c27-23(25-22-12-6-10-18-7-4-5-11-21(18)22)17-26-15-13-20(14-16-26)24(28)19-8-2-1-3-9-19/h1-12,20H,13-17H2,(H,25,27). The maximum atomic E-state index is 12.6. The molecule has 0 bridgehead atoms. The van der Waals surface area contributed by atoms with Crippen LogP contribution in [0.4, 0.5) is 5.69 Å². The average molecular weight is 372 g/mol. The fraction of sp³-hybridized carbons (Fsp3) is 0.250. The molecule has 0 radical (unpaired) electrons. The number of anilines is 1. The Kier molecular flexibility index (Phi) is 5.49. The molecule has 0 aromatic heterocycles. The number of Topliss-reactive ketones (excluding diaryl/α,β-unsaturated/α-hetero) is 1. The van der Waals surface area contributed by atoms with Crippen molar-refractivity contribution in [3.8, 4) is 0 Å². The molecule has 1 saturated heterocycles. The van der Waals surface area contributed by atoms with Crippen LogP contribution >= 0.6 is 0 Å². The van der Waals surface area contributed by atoms with Crippen molar-refractivity contribution >= 4 is 28.2 Å². The molecule has 0 unspecified atom stereocenters. The number of likely N-dealkylation sites (tertiary alicyclic amines) is 1. The largest absolute Gasteiger partial charge is 0.324 e. The number of piperidine rings is 1. The number of rotatable bonds is 5. The lowest BCUT2D eigenvalue weighted by Crippen LogP contribution is -2.40. The van der Waals surface area contributed by atoms with Gasteiger partial charge in [-0.05, 0) is 37.4 Å². The van der Waals surface area contributed by atoms with Crippen molar-refractivity contribution < 1.29 is 9.59 Å². The minimum atomic E-state index is -0.0100. The van der Waals surface area contributed by atoms with Gasteiger partial charge >= 0.3 is 0 Å². The molecule has 0 atom stereocenters. The lowest BCUT2D eigenvalue weighted by molar-refractivity contribution is -0.117. The second-order valence-electron chi connectivity index (χ2n) is 7.36. The number of carbonyl (C=O) groups is 2. The molecular formula is C24H24N2O2. The van der Waals surface area contributed by atoms with E-state index in [-0.39, 0.29) is 17.6 Å². The van der Waals surface area contributed by atoms with E-state index >= 15 is 0 Å². The summed E-state index contributed by atoms with van der Waals surface area (Å²) in [5.74, 6) is 0.268. The summed E-state index contributed by atoms with van der Waals surface area (Å²) in [6, 6.07) is 23.5. The first-order valence-corrected chi connectivity index (χ1v) is 9.80. The van der Waals surface area contributed by atoms with Crippen molar-refractivity contribution in [2.24, 2.45) is 5.92 Å². The third-order valence-electron chi connectivity index (χ3n) is 5.45. The summed E-state index contributed by atoms with van der Waals surface area (Å²) in [5.41, 5.74) is 1.63. The van der Waals surface area contributed by atoms with Gasteiger partial charge < -0.3 is 5.32 Å². The Hall–Kier alpha value is -2.98. The topological polar surface area (TPSA) is 49.4 Å². The van der Waals surface area contributed by atoms with Gasteiger partial charge in [0.05, 0.1) is 6.54 Å². The highest BCUT2D eigenvalue weighted by Crippen LogP contribution is 2.24. The zero-order chi connectivity index (χ0) is 19.3. The van der Waals surface area contributed by atoms with E-state index in [1.54, 1.807) is 0 Å². The maximum absolute atomic E-state index is 12.6. The fourth-order valence-corrected chi connectivity index (χ4v) is 3.92. The Morgan fingerprint density at radius 1 is 0.857 bits per heavy atom. The molecule has 1 aliphatic heterocycles. The summed E-state index contributed by atoms with van der Waals surface area (Å²) in [7, 11) is 0. The molecule has 1 aliphatic rings. The molecule has 3 aromatic rings. The molecule has 4 rings (SSSR count). The molecule has 0 aliphatic carbocycles. The Morgan fingerprint density at radius 2 is 1.54 bits per heavy atom. The number of fused-ring (bicyclic) bond motifs is 1. The summed E-state index contributed by atoms with van der Waals surface area (Å²) >= 11 is 0. The normalized spacial score (nSPS) is 15.4. The Bertz CT molecular complexity index is 971. The van der Waals surface area contributed by atoms with Gasteiger partial charge in [0.2, 0.25) is 5.91 Å². The number of nitrogens with one attached hydrogen (secondary N) is 1. The lowest BCUT2D eigenvalue weighted by atomic mass is 9.89. The van der Waals surface area contributed by atoms with Crippen molar-refractivity contribution in [2.45, 2.75) is 12.8 Å². The van der Waals surface area contributed by atoms with Crippen LogP contribution in [0.5, 0.6) is 0 Å². The Balaban J connectivity index is 1.32. The minimum Gasteiger partial charge on any atom is -0.324 e. The summed E-state index contributed by atoms with van der Waals surface area (Å²) in [6.07, 6.45) is 1.60. The van der Waals surface area contributed by atoms with Crippen LogP contribution in [0.2, 0.25) is 0 Å². The van der Waals surface area contributed by atoms with Crippen molar-refractivity contribution in [1.82, 2.24) is 4.90 Å². The maximum Gasteiger partial charge on any atom is 0.238 e. The number of ketones is 1. The number of amides is 1. The van der Waals surface area contributed by atoms with Crippen LogP contribution in [-0.4, -0.2) is 36.2 Å². The highest BCUT2D eigenvalue weighted by molar-refractivity contribution is 6.02. The Morgan fingerprint density at radius 3 is 2.32 bits per heavy atom. The molecule has 1 N–H and O–H groups in total. The first kappa shape index (κ1) is 18.4. The van der Waals surface area contributed by atoms with Gasteiger partial charge in [-0.1, -0.05) is 66.7 Å². The van der Waals surface area contributed by atoms with E-state index in [0.717, 1.165) is 48.0 Å². The second kappa shape index (κ2) is 8.36. The van der Waals surface area contributed by atoms with Gasteiger partial charge in [0.15, 0.2) is 5.78 Å². The summed E-state index contributed by atoms with van der Waals surface area (Å²) in [5, 5.41) is 5.20. The van der Waals surface area contributed by atoms with E-state index < -0.39 is 0 Å². The van der Waals surface area contributed by atoms with E-state index in [9.17, 15) is 9.59 Å². The predicted octanol–water partition coefficient (Wildman–Crippen LogP) is 4.37. The van der Waals surface area contributed by atoms with Crippen molar-refractivity contribution in [3.05, 3.63) is 78.4 Å². The molecule has 1 fully saturated rings. The number of nitrogens with zero attached hydrogens (tertiary/aromatic N) is 1. The number of hydrogen-bond donors (Lipinski definition) is 1. The summed E-state index contributed by atoms with van der Waals surface area (Å²) in [6.45, 7) is 1.90. The Labute approximate surface area is 165 Å². The summed E-state index contributed by atoms with van der Waals surface area (Å²) < 4.78 is 0. The van der Waals surface area contributed by atoms with Gasteiger partial charge in [0.25, 0.3) is 0 Å². The highest BCUT2D eigenvalue weighted by Gasteiger charge is 2.26. The van der Waals surface area contributed by atoms with E-state index in [4.69, 9.17) is 0 Å². The third-order valence-corrected chi connectivity index (χ3v) is 5.45. The van der Waals surface area contributed by atoms with Gasteiger partial charge in [0.1, 0.15) is 0 Å². The van der Waals surface area contributed by atoms with Crippen LogP contribution in [0.1, 0.15) is 23.2 Å². The molecule has 1 amide bonds. The molecule has 1 heterocycles. The minimum absolute atomic E-state index is 0.0100.